The van der Waals surface area contributed by atoms with Gasteiger partial charge in [0.15, 0.2) is 11.5 Å². The molecule has 0 saturated carbocycles. The number of likely N-dealkylation sites (tertiary alicyclic amines) is 1. The van der Waals surface area contributed by atoms with Crippen LogP contribution >= 0.6 is 0 Å². The predicted octanol–water partition coefficient (Wildman–Crippen LogP) is 4.85. The summed E-state index contributed by atoms with van der Waals surface area (Å²) >= 11 is 0. The van der Waals surface area contributed by atoms with Gasteiger partial charge in [-0.25, -0.2) is 4.79 Å². The van der Waals surface area contributed by atoms with Crippen molar-refractivity contribution in [2.75, 3.05) is 27.8 Å². The van der Waals surface area contributed by atoms with Gasteiger partial charge in [0.2, 0.25) is 0 Å². The monoisotopic (exact) mass is 409 g/mol. The average molecular weight is 410 g/mol. The molecule has 2 aromatic rings. The second-order valence-electron chi connectivity index (χ2n) is 7.77. The summed E-state index contributed by atoms with van der Waals surface area (Å²) < 4.78 is 15.6. The maximum atomic E-state index is 12.2. The van der Waals surface area contributed by atoms with Gasteiger partial charge in [0, 0.05) is 12.5 Å². The van der Waals surface area contributed by atoms with Gasteiger partial charge in [0.05, 0.1) is 19.8 Å². The number of benzene rings is 2. The van der Waals surface area contributed by atoms with Crippen LogP contribution in [0.4, 0.5) is 0 Å². The SMILES string of the molecule is COc1ccccc1OC.Cc1ccccc1C(=O)OC1=CCC2CCN(C)C2C1. The van der Waals surface area contributed by atoms with Gasteiger partial charge in [-0.15, -0.1) is 0 Å². The van der Waals surface area contributed by atoms with Crippen molar-refractivity contribution in [3.8, 4) is 11.5 Å². The molecule has 5 nitrogen and oxygen atoms in total. The van der Waals surface area contributed by atoms with E-state index in [4.69, 9.17) is 14.2 Å². The smallest absolute Gasteiger partial charge is 0.343 e. The third-order valence-electron chi connectivity index (χ3n) is 5.90. The number of para-hydroxylation sites is 2. The number of methoxy groups -OCH3 is 2. The minimum Gasteiger partial charge on any atom is -0.493 e. The average Bonchev–Trinajstić information content (AvgIpc) is 3.14. The number of carbonyl (C=O) groups is 1. The van der Waals surface area contributed by atoms with E-state index >= 15 is 0 Å². The number of hydrogen-bond donors (Lipinski definition) is 0. The van der Waals surface area contributed by atoms with Crippen LogP contribution in [0.5, 0.6) is 11.5 Å². The first kappa shape index (κ1) is 21.9. The molecule has 30 heavy (non-hydrogen) atoms. The second-order valence-corrected chi connectivity index (χ2v) is 7.77. The van der Waals surface area contributed by atoms with Crippen LogP contribution in [-0.2, 0) is 4.74 Å². The zero-order valence-corrected chi connectivity index (χ0v) is 18.3. The Morgan fingerprint density at radius 3 is 2.27 bits per heavy atom. The van der Waals surface area contributed by atoms with Crippen LogP contribution in [0.1, 0.15) is 35.2 Å². The van der Waals surface area contributed by atoms with E-state index in [2.05, 4.69) is 18.0 Å². The number of fused-ring (bicyclic) bond motifs is 1. The highest BCUT2D eigenvalue weighted by molar-refractivity contribution is 5.91. The van der Waals surface area contributed by atoms with Crippen molar-refractivity contribution in [1.82, 2.24) is 4.90 Å². The van der Waals surface area contributed by atoms with Crippen molar-refractivity contribution in [3.63, 3.8) is 0 Å². The highest BCUT2D eigenvalue weighted by Crippen LogP contribution is 2.35. The Bertz CT molecular complexity index is 869. The lowest BCUT2D eigenvalue weighted by Crippen LogP contribution is -2.32. The number of ether oxygens (including phenoxy) is 3. The van der Waals surface area contributed by atoms with Crippen LogP contribution in [0.15, 0.2) is 60.4 Å². The zero-order chi connectivity index (χ0) is 21.5. The quantitative estimate of drug-likeness (QED) is 0.676. The maximum Gasteiger partial charge on any atom is 0.343 e. The number of allylic oxidation sites excluding steroid dienone is 1. The van der Waals surface area contributed by atoms with E-state index in [1.54, 1.807) is 14.2 Å². The first-order valence-corrected chi connectivity index (χ1v) is 10.4. The zero-order valence-electron chi connectivity index (χ0n) is 18.3. The minimum absolute atomic E-state index is 0.228. The van der Waals surface area contributed by atoms with E-state index in [0.717, 1.165) is 48.1 Å². The molecule has 2 atom stereocenters. The van der Waals surface area contributed by atoms with Gasteiger partial charge in [-0.3, -0.25) is 0 Å². The molecule has 1 fully saturated rings. The summed E-state index contributed by atoms with van der Waals surface area (Å²) in [5, 5.41) is 0. The van der Waals surface area contributed by atoms with Crippen LogP contribution in [-0.4, -0.2) is 44.7 Å². The largest absolute Gasteiger partial charge is 0.493 e. The molecule has 0 radical (unpaired) electrons. The summed E-state index contributed by atoms with van der Waals surface area (Å²) in [5.74, 6) is 2.89. The van der Waals surface area contributed by atoms with Crippen molar-refractivity contribution < 1.29 is 19.0 Å². The van der Waals surface area contributed by atoms with Gasteiger partial charge in [-0.05, 0) is 69.1 Å². The molecule has 5 heteroatoms. The summed E-state index contributed by atoms with van der Waals surface area (Å²) in [5.41, 5.74) is 1.63. The van der Waals surface area contributed by atoms with Crippen LogP contribution < -0.4 is 9.47 Å². The molecule has 4 rings (SSSR count). The van der Waals surface area contributed by atoms with Gasteiger partial charge in [0.1, 0.15) is 5.76 Å². The molecule has 2 unspecified atom stereocenters. The first-order valence-electron chi connectivity index (χ1n) is 10.4. The maximum absolute atomic E-state index is 12.2. The molecule has 2 aromatic carbocycles. The number of carbonyl (C=O) groups excluding carboxylic acids is 1. The fraction of sp³-hybridized carbons (Fsp3) is 0.400. The fourth-order valence-corrected chi connectivity index (χ4v) is 4.10. The Kier molecular flexibility index (Phi) is 7.52. The van der Waals surface area contributed by atoms with E-state index in [-0.39, 0.29) is 5.97 Å². The molecule has 2 aliphatic rings. The van der Waals surface area contributed by atoms with Crippen LogP contribution in [0, 0.1) is 12.8 Å². The summed E-state index contributed by atoms with van der Waals surface area (Å²) in [6, 6.07) is 15.6. The van der Waals surface area contributed by atoms with Gasteiger partial charge in [-0.2, -0.15) is 0 Å². The Morgan fingerprint density at radius 1 is 1.00 bits per heavy atom. The Morgan fingerprint density at radius 2 is 1.63 bits per heavy atom. The van der Waals surface area contributed by atoms with E-state index < -0.39 is 0 Å². The first-order chi connectivity index (χ1) is 14.5. The molecule has 0 amide bonds. The van der Waals surface area contributed by atoms with E-state index in [1.807, 2.05) is 55.5 Å². The van der Waals surface area contributed by atoms with Crippen LogP contribution in [0.2, 0.25) is 0 Å². The van der Waals surface area contributed by atoms with Crippen molar-refractivity contribution in [3.05, 3.63) is 71.5 Å². The van der Waals surface area contributed by atoms with Crippen molar-refractivity contribution >= 4 is 5.97 Å². The summed E-state index contributed by atoms with van der Waals surface area (Å²) in [6.45, 7) is 3.09. The number of rotatable bonds is 4. The molecule has 1 heterocycles. The van der Waals surface area contributed by atoms with Gasteiger partial charge < -0.3 is 19.1 Å². The Labute approximate surface area is 179 Å². The topological polar surface area (TPSA) is 48.0 Å². The molecule has 1 saturated heterocycles. The Hall–Kier alpha value is -2.79. The predicted molar refractivity (Wildman–Crippen MR) is 118 cm³/mol. The highest BCUT2D eigenvalue weighted by atomic mass is 16.5. The second kappa shape index (κ2) is 10.3. The fourth-order valence-electron chi connectivity index (χ4n) is 4.10. The van der Waals surface area contributed by atoms with Crippen molar-refractivity contribution in [1.29, 1.82) is 0 Å². The van der Waals surface area contributed by atoms with Crippen LogP contribution in [0.25, 0.3) is 0 Å². The molecule has 160 valence electrons. The van der Waals surface area contributed by atoms with E-state index in [9.17, 15) is 4.79 Å². The summed E-state index contributed by atoms with van der Waals surface area (Å²) in [6.07, 6.45) is 5.26. The normalized spacial score (nSPS) is 20.3. The Balaban J connectivity index is 0.000000216. The van der Waals surface area contributed by atoms with Crippen LogP contribution in [0.3, 0.4) is 0 Å². The van der Waals surface area contributed by atoms with E-state index in [0.29, 0.717) is 11.6 Å². The summed E-state index contributed by atoms with van der Waals surface area (Å²) in [4.78, 5) is 14.6. The number of aryl methyl sites for hydroxylation is 1. The van der Waals surface area contributed by atoms with Crippen molar-refractivity contribution in [2.24, 2.45) is 5.92 Å². The number of hydrogen-bond acceptors (Lipinski definition) is 5. The molecule has 0 N–H and O–H groups in total. The summed E-state index contributed by atoms with van der Waals surface area (Å²) in [7, 11) is 5.41. The van der Waals surface area contributed by atoms with E-state index in [1.165, 1.54) is 6.42 Å². The molecule has 0 aromatic heterocycles. The standard InChI is InChI=1S/C17H21NO2.C8H10O2/c1-12-5-3-4-6-15(12)17(19)20-14-8-7-13-9-10-18(2)16(13)11-14;1-9-7-5-3-4-6-8(7)10-2/h3-6,8,13,16H,7,9-11H2,1-2H3;3-6H,1-2H3. The molecular weight excluding hydrogens is 378 g/mol. The highest BCUT2D eigenvalue weighted by Gasteiger charge is 2.35. The molecule has 0 bridgehead atoms. The third-order valence-corrected chi connectivity index (χ3v) is 5.90. The minimum atomic E-state index is -0.228. The number of esters is 1. The molecule has 1 aliphatic carbocycles. The molecule has 1 aliphatic heterocycles. The van der Waals surface area contributed by atoms with Gasteiger partial charge in [-0.1, -0.05) is 30.3 Å². The molecular formula is C25H31NO4. The molecule has 0 spiro atoms. The van der Waals surface area contributed by atoms with Crippen molar-refractivity contribution in [2.45, 2.75) is 32.2 Å². The lowest BCUT2D eigenvalue weighted by molar-refractivity contribution is 0.0586. The van der Waals surface area contributed by atoms with Gasteiger partial charge in [0.25, 0.3) is 0 Å². The number of nitrogens with zero attached hydrogens (tertiary/aromatic N) is 1. The lowest BCUT2D eigenvalue weighted by Gasteiger charge is -2.28. The van der Waals surface area contributed by atoms with Gasteiger partial charge >= 0.3 is 5.97 Å². The lowest BCUT2D eigenvalue weighted by atomic mass is 9.89. The third kappa shape index (κ3) is 5.22.